The Bertz CT molecular complexity index is 351. The zero-order valence-corrected chi connectivity index (χ0v) is 13.9. The molecule has 19 heavy (non-hydrogen) atoms. The molecule has 1 aliphatic heterocycles. The van der Waals surface area contributed by atoms with Crippen LogP contribution in [0.2, 0.25) is 0 Å². The third kappa shape index (κ3) is 6.14. The van der Waals surface area contributed by atoms with Crippen molar-refractivity contribution in [2.45, 2.75) is 32.7 Å². The number of terminal acetylenes is 1. The zero-order chi connectivity index (χ0) is 13.4. The van der Waals surface area contributed by atoms with E-state index in [0.29, 0.717) is 13.0 Å². The molecule has 5 nitrogen and oxygen atoms in total. The molecule has 0 aromatic carbocycles. The summed E-state index contributed by atoms with van der Waals surface area (Å²) in [5, 5.41) is 6.45. The second kappa shape index (κ2) is 9.89. The smallest absolute Gasteiger partial charge is 0.222 e. The van der Waals surface area contributed by atoms with Gasteiger partial charge in [-0.3, -0.25) is 4.79 Å². The van der Waals surface area contributed by atoms with Gasteiger partial charge in [0, 0.05) is 32.1 Å². The van der Waals surface area contributed by atoms with Crippen LogP contribution in [0.4, 0.5) is 0 Å². The molecule has 1 saturated heterocycles. The summed E-state index contributed by atoms with van der Waals surface area (Å²) < 4.78 is 0. The van der Waals surface area contributed by atoms with E-state index in [1.54, 1.807) is 0 Å². The Kier molecular flexibility index (Phi) is 9.39. The molecule has 1 amide bonds. The molecule has 0 bridgehead atoms. The van der Waals surface area contributed by atoms with Crippen molar-refractivity contribution >= 4 is 35.8 Å². The van der Waals surface area contributed by atoms with Crippen molar-refractivity contribution in [3.63, 3.8) is 0 Å². The van der Waals surface area contributed by atoms with Gasteiger partial charge < -0.3 is 15.5 Å². The van der Waals surface area contributed by atoms with Gasteiger partial charge in [-0.1, -0.05) is 12.8 Å². The second-order valence-electron chi connectivity index (χ2n) is 4.22. The van der Waals surface area contributed by atoms with Gasteiger partial charge in [0.05, 0.1) is 0 Å². The summed E-state index contributed by atoms with van der Waals surface area (Å²) in [6.45, 7) is 6.61. The number of likely N-dealkylation sites (tertiary alicyclic amines) is 1. The summed E-state index contributed by atoms with van der Waals surface area (Å²) in [6, 6.07) is 0.260. The topological polar surface area (TPSA) is 56.7 Å². The highest BCUT2D eigenvalue weighted by Crippen LogP contribution is 2.10. The summed E-state index contributed by atoms with van der Waals surface area (Å²) in [5.74, 6) is 3.43. The highest BCUT2D eigenvalue weighted by molar-refractivity contribution is 14.0. The summed E-state index contributed by atoms with van der Waals surface area (Å²) in [5.41, 5.74) is 0. The highest BCUT2D eigenvalue weighted by Gasteiger charge is 2.25. The van der Waals surface area contributed by atoms with E-state index in [9.17, 15) is 4.79 Å². The van der Waals surface area contributed by atoms with Gasteiger partial charge in [0.15, 0.2) is 5.96 Å². The third-order valence-electron chi connectivity index (χ3n) is 2.86. The predicted octanol–water partition coefficient (Wildman–Crippen LogP) is 0.804. The quantitative estimate of drug-likeness (QED) is 0.330. The van der Waals surface area contributed by atoms with E-state index in [4.69, 9.17) is 6.42 Å². The normalized spacial score (nSPS) is 18.5. The molecule has 1 unspecified atom stereocenters. The monoisotopic (exact) mass is 378 g/mol. The third-order valence-corrected chi connectivity index (χ3v) is 2.86. The van der Waals surface area contributed by atoms with Gasteiger partial charge in [0.1, 0.15) is 6.54 Å². The number of amides is 1. The molecule has 108 valence electrons. The lowest BCUT2D eigenvalue weighted by Gasteiger charge is -2.18. The fourth-order valence-electron chi connectivity index (χ4n) is 1.97. The van der Waals surface area contributed by atoms with Gasteiger partial charge in [-0.15, -0.1) is 30.4 Å². The summed E-state index contributed by atoms with van der Waals surface area (Å²) in [7, 11) is 0. The number of rotatable bonds is 4. The molecule has 0 aliphatic carbocycles. The standard InChI is InChI=1S/C13H22N4O.HI/c1-4-8-15-13(14-6-3)16-11-7-9-17(10-11)12(18)5-2;/h1,11H,5-10H2,2-3H3,(H2,14,15,16);1H. The molecule has 0 radical (unpaired) electrons. The minimum Gasteiger partial charge on any atom is -0.357 e. The van der Waals surface area contributed by atoms with Crippen LogP contribution >= 0.6 is 24.0 Å². The number of carbonyl (C=O) groups excluding carboxylic acids is 1. The number of nitrogens with zero attached hydrogens (tertiary/aromatic N) is 2. The Labute approximate surface area is 132 Å². The Morgan fingerprint density at radius 1 is 1.53 bits per heavy atom. The van der Waals surface area contributed by atoms with Crippen molar-refractivity contribution in [3.8, 4) is 12.3 Å². The minimum absolute atomic E-state index is 0. The summed E-state index contributed by atoms with van der Waals surface area (Å²) in [6.07, 6.45) is 6.71. The summed E-state index contributed by atoms with van der Waals surface area (Å²) in [4.78, 5) is 17.7. The number of guanidine groups is 1. The van der Waals surface area contributed by atoms with Gasteiger partial charge >= 0.3 is 0 Å². The van der Waals surface area contributed by atoms with E-state index in [2.05, 4.69) is 21.5 Å². The SMILES string of the molecule is C#CCN=C(NCC)NC1CCN(C(=O)CC)C1.I. The number of carbonyl (C=O) groups is 1. The minimum atomic E-state index is 0. The average molecular weight is 378 g/mol. The van der Waals surface area contributed by atoms with Crippen LogP contribution < -0.4 is 10.6 Å². The van der Waals surface area contributed by atoms with Crippen molar-refractivity contribution in [2.24, 2.45) is 4.99 Å². The largest absolute Gasteiger partial charge is 0.357 e. The lowest BCUT2D eigenvalue weighted by atomic mass is 10.3. The Balaban J connectivity index is 0.00000324. The van der Waals surface area contributed by atoms with Crippen LogP contribution in [0.5, 0.6) is 0 Å². The van der Waals surface area contributed by atoms with E-state index >= 15 is 0 Å². The second-order valence-corrected chi connectivity index (χ2v) is 4.22. The lowest BCUT2D eigenvalue weighted by molar-refractivity contribution is -0.129. The van der Waals surface area contributed by atoms with Crippen molar-refractivity contribution in [1.82, 2.24) is 15.5 Å². The van der Waals surface area contributed by atoms with Crippen LogP contribution in [0.25, 0.3) is 0 Å². The van der Waals surface area contributed by atoms with Crippen LogP contribution in [-0.2, 0) is 4.79 Å². The van der Waals surface area contributed by atoms with Crippen LogP contribution in [0.15, 0.2) is 4.99 Å². The van der Waals surface area contributed by atoms with E-state index in [1.807, 2.05) is 18.7 Å². The maximum Gasteiger partial charge on any atom is 0.222 e. The first-order chi connectivity index (χ1) is 8.71. The van der Waals surface area contributed by atoms with Crippen LogP contribution in [0, 0.1) is 12.3 Å². The fourth-order valence-corrected chi connectivity index (χ4v) is 1.97. The first kappa shape index (κ1) is 18.0. The molecule has 0 saturated carbocycles. The van der Waals surface area contributed by atoms with Crippen LogP contribution in [0.3, 0.4) is 0 Å². The van der Waals surface area contributed by atoms with E-state index < -0.39 is 0 Å². The number of nitrogens with one attached hydrogen (secondary N) is 2. The molecule has 0 spiro atoms. The number of hydrogen-bond donors (Lipinski definition) is 2. The maximum absolute atomic E-state index is 11.6. The fraction of sp³-hybridized carbons (Fsp3) is 0.692. The highest BCUT2D eigenvalue weighted by atomic mass is 127. The first-order valence-corrected chi connectivity index (χ1v) is 6.47. The molecule has 2 N–H and O–H groups in total. The molecule has 1 aliphatic rings. The Hall–Kier alpha value is -0.970. The molecular formula is C13H23IN4O. The number of hydrogen-bond acceptors (Lipinski definition) is 2. The maximum atomic E-state index is 11.6. The first-order valence-electron chi connectivity index (χ1n) is 6.47. The van der Waals surface area contributed by atoms with Crippen molar-refractivity contribution in [2.75, 3.05) is 26.2 Å². The van der Waals surface area contributed by atoms with Crippen molar-refractivity contribution in [1.29, 1.82) is 0 Å². The average Bonchev–Trinajstić information content (AvgIpc) is 2.83. The molecular weight excluding hydrogens is 355 g/mol. The van der Waals surface area contributed by atoms with Crippen molar-refractivity contribution in [3.05, 3.63) is 0 Å². The zero-order valence-electron chi connectivity index (χ0n) is 11.6. The Morgan fingerprint density at radius 2 is 2.26 bits per heavy atom. The van der Waals surface area contributed by atoms with E-state index in [0.717, 1.165) is 32.0 Å². The van der Waals surface area contributed by atoms with Gasteiger partial charge in [0.2, 0.25) is 5.91 Å². The van der Waals surface area contributed by atoms with Gasteiger partial charge in [-0.25, -0.2) is 4.99 Å². The molecule has 0 aromatic heterocycles. The van der Waals surface area contributed by atoms with Gasteiger partial charge in [0.25, 0.3) is 0 Å². The predicted molar refractivity (Wildman–Crippen MR) is 88.6 cm³/mol. The molecule has 1 heterocycles. The summed E-state index contributed by atoms with van der Waals surface area (Å²) >= 11 is 0. The van der Waals surface area contributed by atoms with Crippen LogP contribution in [0.1, 0.15) is 26.7 Å². The molecule has 1 fully saturated rings. The van der Waals surface area contributed by atoms with Gasteiger partial charge in [-0.05, 0) is 13.3 Å². The van der Waals surface area contributed by atoms with Crippen LogP contribution in [-0.4, -0.2) is 49.0 Å². The van der Waals surface area contributed by atoms with Crippen molar-refractivity contribution < 1.29 is 4.79 Å². The number of halogens is 1. The molecule has 0 aromatic rings. The molecule has 1 atom stereocenters. The molecule has 6 heteroatoms. The molecule has 1 rings (SSSR count). The van der Waals surface area contributed by atoms with Gasteiger partial charge in [-0.2, -0.15) is 0 Å². The lowest BCUT2D eigenvalue weighted by Crippen LogP contribution is -2.45. The van der Waals surface area contributed by atoms with E-state index in [-0.39, 0.29) is 35.9 Å². The Morgan fingerprint density at radius 3 is 2.84 bits per heavy atom. The number of aliphatic imine (C=N–C) groups is 1. The van der Waals surface area contributed by atoms with E-state index in [1.165, 1.54) is 0 Å².